The van der Waals surface area contributed by atoms with Crippen molar-refractivity contribution in [2.45, 2.75) is 26.2 Å². The number of hydrogen-bond donors (Lipinski definition) is 2. The van der Waals surface area contributed by atoms with Gasteiger partial charge in [-0.05, 0) is 30.2 Å². The van der Waals surface area contributed by atoms with Crippen molar-refractivity contribution in [2.75, 3.05) is 44.6 Å². The number of hydrogen-bond acceptors (Lipinski definition) is 7. The van der Waals surface area contributed by atoms with Crippen molar-refractivity contribution in [1.82, 2.24) is 14.8 Å². The minimum atomic E-state index is -0.517. The molecule has 0 radical (unpaired) electrons. The molecule has 0 aliphatic carbocycles. The summed E-state index contributed by atoms with van der Waals surface area (Å²) < 4.78 is 11.2. The van der Waals surface area contributed by atoms with Crippen LogP contribution in [-0.4, -0.2) is 71.2 Å². The maximum absolute atomic E-state index is 12.4. The number of aromatic nitrogens is 1. The number of nitrogens with zero attached hydrogens (tertiary/aromatic N) is 3. The zero-order valence-electron chi connectivity index (χ0n) is 19.5. The fraction of sp³-hybridized carbons (Fsp3) is 0.385. The molecule has 0 spiro atoms. The van der Waals surface area contributed by atoms with E-state index in [0.717, 1.165) is 43.0 Å². The summed E-state index contributed by atoms with van der Waals surface area (Å²) >= 11 is 0. The van der Waals surface area contributed by atoms with Gasteiger partial charge >= 0.3 is 0 Å². The molecule has 0 unspecified atom stereocenters. The van der Waals surface area contributed by atoms with Crippen molar-refractivity contribution < 1.29 is 19.1 Å². The lowest BCUT2D eigenvalue weighted by atomic mass is 10.2. The third-order valence-corrected chi connectivity index (χ3v) is 5.77. The Morgan fingerprint density at radius 1 is 1.12 bits per heavy atom. The molecule has 1 amide bonds. The van der Waals surface area contributed by atoms with Crippen LogP contribution in [0.2, 0.25) is 0 Å². The van der Waals surface area contributed by atoms with Crippen LogP contribution >= 0.6 is 0 Å². The Hall–Kier alpha value is -3.04. The lowest BCUT2D eigenvalue weighted by Crippen LogP contribution is -2.48. The van der Waals surface area contributed by atoms with E-state index in [-0.39, 0.29) is 11.6 Å². The quantitative estimate of drug-likeness (QED) is 0.477. The molecule has 1 aliphatic heterocycles. The van der Waals surface area contributed by atoms with Crippen LogP contribution in [0.15, 0.2) is 65.3 Å². The average molecular weight is 465 g/mol. The van der Waals surface area contributed by atoms with Crippen LogP contribution in [0, 0.1) is 6.92 Å². The number of piperazine rings is 1. The molecule has 2 N–H and O–H groups in total. The van der Waals surface area contributed by atoms with Gasteiger partial charge in [0.15, 0.2) is 5.69 Å². The first-order chi connectivity index (χ1) is 16.5. The predicted octanol–water partition coefficient (Wildman–Crippen LogP) is 2.93. The number of aryl methyl sites for hydroxylation is 1. The van der Waals surface area contributed by atoms with Gasteiger partial charge in [-0.1, -0.05) is 42.5 Å². The predicted molar refractivity (Wildman–Crippen MR) is 129 cm³/mol. The number of amides is 1. The SMILES string of the molecule is Cc1cccc(NC(=O)c2coc(CN3CCN(C[C@@H](O)COCc4ccccc4)CC3)n2)c1. The molecule has 1 saturated heterocycles. The van der Waals surface area contributed by atoms with E-state index in [4.69, 9.17) is 9.15 Å². The number of rotatable bonds is 10. The number of anilines is 1. The van der Waals surface area contributed by atoms with E-state index < -0.39 is 6.10 Å². The normalized spacial score (nSPS) is 15.8. The number of carbonyl (C=O) groups excluding carboxylic acids is 1. The second-order valence-corrected chi connectivity index (χ2v) is 8.68. The number of ether oxygens (including phenoxy) is 1. The molecule has 1 aliphatic rings. The van der Waals surface area contributed by atoms with Crippen LogP contribution in [0.25, 0.3) is 0 Å². The van der Waals surface area contributed by atoms with Gasteiger partial charge in [0, 0.05) is 38.4 Å². The highest BCUT2D eigenvalue weighted by Gasteiger charge is 2.21. The summed E-state index contributed by atoms with van der Waals surface area (Å²) in [4.78, 5) is 21.3. The zero-order chi connectivity index (χ0) is 23.8. The Labute approximate surface area is 200 Å². The molecule has 1 atom stereocenters. The summed E-state index contributed by atoms with van der Waals surface area (Å²) in [5.41, 5.74) is 3.18. The molecule has 34 heavy (non-hydrogen) atoms. The third-order valence-electron chi connectivity index (χ3n) is 5.77. The number of β-amino-alcohol motifs (C(OH)–C–C–N with tert-alkyl or cyclic N) is 1. The van der Waals surface area contributed by atoms with Gasteiger partial charge in [-0.15, -0.1) is 0 Å². The fourth-order valence-corrected chi connectivity index (χ4v) is 3.96. The highest BCUT2D eigenvalue weighted by molar-refractivity contribution is 6.02. The van der Waals surface area contributed by atoms with Crippen molar-refractivity contribution >= 4 is 11.6 Å². The van der Waals surface area contributed by atoms with Gasteiger partial charge in [0.2, 0.25) is 5.89 Å². The molecule has 8 nitrogen and oxygen atoms in total. The summed E-state index contributed by atoms with van der Waals surface area (Å²) in [6.07, 6.45) is 0.888. The molecular formula is C26H32N4O4. The summed E-state index contributed by atoms with van der Waals surface area (Å²) in [7, 11) is 0. The highest BCUT2D eigenvalue weighted by Crippen LogP contribution is 2.13. The Bertz CT molecular complexity index is 1050. The fourth-order valence-electron chi connectivity index (χ4n) is 3.96. The molecule has 8 heteroatoms. The number of carbonyl (C=O) groups is 1. The second kappa shape index (κ2) is 11.9. The smallest absolute Gasteiger partial charge is 0.277 e. The summed E-state index contributed by atoms with van der Waals surface area (Å²) in [5.74, 6) is 0.242. The average Bonchev–Trinajstić information content (AvgIpc) is 3.30. The Balaban J connectivity index is 1.16. The van der Waals surface area contributed by atoms with Crippen molar-refractivity contribution in [1.29, 1.82) is 0 Å². The Kier molecular flexibility index (Phi) is 8.43. The summed E-state index contributed by atoms with van der Waals surface area (Å²) in [6.45, 7) is 7.30. The lowest BCUT2D eigenvalue weighted by molar-refractivity contribution is 0.000371. The van der Waals surface area contributed by atoms with E-state index in [1.165, 1.54) is 6.26 Å². The van der Waals surface area contributed by atoms with Gasteiger partial charge in [0.1, 0.15) is 6.26 Å². The Morgan fingerprint density at radius 3 is 2.65 bits per heavy atom. The van der Waals surface area contributed by atoms with E-state index in [2.05, 4.69) is 20.1 Å². The number of aliphatic hydroxyl groups excluding tert-OH is 1. The van der Waals surface area contributed by atoms with Gasteiger partial charge in [0.05, 0.1) is 25.9 Å². The van der Waals surface area contributed by atoms with Crippen LogP contribution < -0.4 is 5.32 Å². The number of oxazole rings is 1. The molecule has 3 aromatic rings. The number of benzene rings is 2. The first-order valence-electron chi connectivity index (χ1n) is 11.6. The van der Waals surface area contributed by atoms with Gasteiger partial charge in [-0.25, -0.2) is 4.98 Å². The van der Waals surface area contributed by atoms with Crippen molar-refractivity contribution in [2.24, 2.45) is 0 Å². The standard InChI is InChI=1S/C26H32N4O4/c1-20-6-5-9-22(14-20)27-26(32)24-19-34-25(28-24)16-30-12-10-29(11-13-30)15-23(31)18-33-17-21-7-3-2-4-8-21/h2-9,14,19,23,31H,10-13,15-18H2,1H3,(H,27,32)/t23-/m1/s1. The van der Waals surface area contributed by atoms with Crippen LogP contribution in [0.1, 0.15) is 27.5 Å². The molecule has 1 fully saturated rings. The van der Waals surface area contributed by atoms with Crippen molar-refractivity contribution in [3.63, 3.8) is 0 Å². The summed E-state index contributed by atoms with van der Waals surface area (Å²) in [6, 6.07) is 17.6. The van der Waals surface area contributed by atoms with E-state index in [1.807, 2.05) is 61.5 Å². The van der Waals surface area contributed by atoms with Crippen LogP contribution in [-0.2, 0) is 17.9 Å². The van der Waals surface area contributed by atoms with Crippen molar-refractivity contribution in [3.05, 3.63) is 83.6 Å². The van der Waals surface area contributed by atoms with Gasteiger partial charge in [-0.2, -0.15) is 0 Å². The maximum Gasteiger partial charge on any atom is 0.277 e. The topological polar surface area (TPSA) is 91.1 Å². The second-order valence-electron chi connectivity index (χ2n) is 8.68. The van der Waals surface area contributed by atoms with Crippen molar-refractivity contribution in [3.8, 4) is 0 Å². The largest absolute Gasteiger partial charge is 0.447 e. The van der Waals surface area contributed by atoms with Crippen LogP contribution in [0.5, 0.6) is 0 Å². The monoisotopic (exact) mass is 464 g/mol. The first-order valence-corrected chi connectivity index (χ1v) is 11.6. The molecule has 4 rings (SSSR count). The highest BCUT2D eigenvalue weighted by atomic mass is 16.5. The molecule has 2 heterocycles. The molecule has 180 valence electrons. The van der Waals surface area contributed by atoms with E-state index >= 15 is 0 Å². The summed E-state index contributed by atoms with van der Waals surface area (Å²) in [5, 5.41) is 13.2. The zero-order valence-corrected chi connectivity index (χ0v) is 19.5. The van der Waals surface area contributed by atoms with Gasteiger partial charge < -0.3 is 19.6 Å². The molecular weight excluding hydrogens is 432 g/mol. The molecule has 2 aromatic carbocycles. The minimum Gasteiger partial charge on any atom is -0.447 e. The number of nitrogens with one attached hydrogen (secondary N) is 1. The first kappa shape index (κ1) is 24.1. The molecule has 0 saturated carbocycles. The maximum atomic E-state index is 12.4. The van der Waals surface area contributed by atoms with Crippen LogP contribution in [0.3, 0.4) is 0 Å². The van der Waals surface area contributed by atoms with E-state index in [9.17, 15) is 9.90 Å². The van der Waals surface area contributed by atoms with Gasteiger partial charge in [0.25, 0.3) is 5.91 Å². The van der Waals surface area contributed by atoms with Crippen LogP contribution in [0.4, 0.5) is 5.69 Å². The lowest BCUT2D eigenvalue weighted by Gasteiger charge is -2.34. The molecule has 1 aromatic heterocycles. The van der Waals surface area contributed by atoms with E-state index in [0.29, 0.717) is 32.2 Å². The van der Waals surface area contributed by atoms with Gasteiger partial charge in [-0.3, -0.25) is 14.6 Å². The number of aliphatic hydroxyl groups is 1. The molecule has 0 bridgehead atoms. The minimum absolute atomic E-state index is 0.272. The van der Waals surface area contributed by atoms with E-state index in [1.54, 1.807) is 0 Å². The third kappa shape index (κ3) is 7.23. The Morgan fingerprint density at radius 2 is 1.88 bits per heavy atom.